The van der Waals surface area contributed by atoms with Crippen LogP contribution in [-0.4, -0.2) is 18.7 Å². The molecular formula is C11H12ClNO2. The number of carbonyl (C=O) groups is 1. The van der Waals surface area contributed by atoms with E-state index in [9.17, 15) is 4.79 Å². The predicted octanol–water partition coefficient (Wildman–Crippen LogP) is 2.38. The Morgan fingerprint density at radius 2 is 2.27 bits per heavy atom. The number of halogens is 1. The molecule has 1 aromatic carbocycles. The number of nitrogens with one attached hydrogen (secondary N) is 1. The Balaban J connectivity index is 2.17. The molecule has 1 aliphatic rings. The standard InChI is InChI=1S/C11H12ClNO2/c1-7-4-2-3-5-8(7)10(12)9-6-15-11(14)13-9/h2-5,9-10H,6H2,1H3,(H,13,14)/t9-,10+/m1/s1. The molecule has 0 radical (unpaired) electrons. The van der Waals surface area contributed by atoms with Gasteiger partial charge in [0.05, 0.1) is 11.4 Å². The zero-order chi connectivity index (χ0) is 10.8. The summed E-state index contributed by atoms with van der Waals surface area (Å²) in [5.74, 6) is 0. The van der Waals surface area contributed by atoms with Crippen LogP contribution in [0.4, 0.5) is 4.79 Å². The highest BCUT2D eigenvalue weighted by molar-refractivity contribution is 6.21. The quantitative estimate of drug-likeness (QED) is 0.785. The molecule has 15 heavy (non-hydrogen) atoms. The molecule has 1 aromatic rings. The first-order chi connectivity index (χ1) is 7.18. The molecule has 1 amide bonds. The molecule has 3 nitrogen and oxygen atoms in total. The van der Waals surface area contributed by atoms with Crippen LogP contribution >= 0.6 is 11.6 Å². The second-order valence-corrected chi connectivity index (χ2v) is 4.08. The van der Waals surface area contributed by atoms with E-state index in [0.29, 0.717) is 6.61 Å². The first-order valence-electron chi connectivity index (χ1n) is 4.81. The number of hydrogen-bond acceptors (Lipinski definition) is 2. The highest BCUT2D eigenvalue weighted by Crippen LogP contribution is 2.28. The van der Waals surface area contributed by atoms with Crippen molar-refractivity contribution in [2.75, 3.05) is 6.61 Å². The van der Waals surface area contributed by atoms with E-state index in [1.165, 1.54) is 0 Å². The summed E-state index contributed by atoms with van der Waals surface area (Å²) in [5.41, 5.74) is 2.16. The smallest absolute Gasteiger partial charge is 0.407 e. The minimum absolute atomic E-state index is 0.139. The molecule has 0 aliphatic carbocycles. The molecule has 2 rings (SSSR count). The van der Waals surface area contributed by atoms with Gasteiger partial charge in [0.15, 0.2) is 0 Å². The van der Waals surface area contributed by atoms with Crippen molar-refractivity contribution >= 4 is 17.7 Å². The van der Waals surface area contributed by atoms with Crippen LogP contribution in [0.3, 0.4) is 0 Å². The molecule has 0 unspecified atom stereocenters. The molecule has 1 fully saturated rings. The fourth-order valence-corrected chi connectivity index (χ4v) is 2.05. The summed E-state index contributed by atoms with van der Waals surface area (Å²) in [6.07, 6.45) is -0.390. The minimum Gasteiger partial charge on any atom is -0.447 e. The average molecular weight is 226 g/mol. The Labute approximate surface area is 93.4 Å². The van der Waals surface area contributed by atoms with E-state index in [1.807, 2.05) is 31.2 Å². The lowest BCUT2D eigenvalue weighted by molar-refractivity contribution is 0.176. The maximum Gasteiger partial charge on any atom is 0.407 e. The van der Waals surface area contributed by atoms with E-state index in [4.69, 9.17) is 16.3 Å². The molecular weight excluding hydrogens is 214 g/mol. The molecule has 2 atom stereocenters. The van der Waals surface area contributed by atoms with Gasteiger partial charge in [0.25, 0.3) is 0 Å². The van der Waals surface area contributed by atoms with Crippen LogP contribution in [0, 0.1) is 6.92 Å². The number of hydrogen-bond donors (Lipinski definition) is 1. The van der Waals surface area contributed by atoms with Gasteiger partial charge in [0, 0.05) is 0 Å². The Kier molecular flexibility index (Phi) is 2.82. The Morgan fingerprint density at radius 1 is 1.53 bits per heavy atom. The normalized spacial score (nSPS) is 22.0. The zero-order valence-corrected chi connectivity index (χ0v) is 9.12. The molecule has 1 heterocycles. The third kappa shape index (κ3) is 2.07. The number of alkyl carbamates (subject to hydrolysis) is 1. The average Bonchev–Trinajstić information content (AvgIpc) is 2.65. The first kappa shape index (κ1) is 10.3. The lowest BCUT2D eigenvalue weighted by Crippen LogP contribution is -2.30. The van der Waals surface area contributed by atoms with Crippen LogP contribution < -0.4 is 5.32 Å². The van der Waals surface area contributed by atoms with Crippen molar-refractivity contribution in [1.29, 1.82) is 0 Å². The molecule has 0 aromatic heterocycles. The Hall–Kier alpha value is -1.22. The van der Waals surface area contributed by atoms with Gasteiger partial charge in [0.2, 0.25) is 0 Å². The second kappa shape index (κ2) is 4.11. The highest BCUT2D eigenvalue weighted by atomic mass is 35.5. The van der Waals surface area contributed by atoms with Crippen LogP contribution in [0.15, 0.2) is 24.3 Å². The first-order valence-corrected chi connectivity index (χ1v) is 5.25. The number of ether oxygens (including phenoxy) is 1. The van der Waals surface area contributed by atoms with Gasteiger partial charge in [-0.2, -0.15) is 0 Å². The Morgan fingerprint density at radius 3 is 2.87 bits per heavy atom. The third-order valence-corrected chi connectivity index (χ3v) is 3.08. The van der Waals surface area contributed by atoms with Gasteiger partial charge in [-0.1, -0.05) is 24.3 Å². The fourth-order valence-electron chi connectivity index (χ4n) is 1.67. The number of carbonyl (C=O) groups excluding carboxylic acids is 1. The molecule has 1 saturated heterocycles. The van der Waals surface area contributed by atoms with Gasteiger partial charge in [-0.25, -0.2) is 4.79 Å². The van der Waals surface area contributed by atoms with Crippen molar-refractivity contribution < 1.29 is 9.53 Å². The third-order valence-electron chi connectivity index (χ3n) is 2.54. The zero-order valence-electron chi connectivity index (χ0n) is 8.37. The summed E-state index contributed by atoms with van der Waals surface area (Å²) in [6, 6.07) is 7.74. The van der Waals surface area contributed by atoms with Gasteiger partial charge in [0.1, 0.15) is 6.61 Å². The van der Waals surface area contributed by atoms with Crippen LogP contribution in [0.2, 0.25) is 0 Å². The van der Waals surface area contributed by atoms with Gasteiger partial charge in [-0.3, -0.25) is 0 Å². The number of amides is 1. The number of cyclic esters (lactones) is 1. The molecule has 1 N–H and O–H groups in total. The van der Waals surface area contributed by atoms with Crippen LogP contribution in [0.1, 0.15) is 16.5 Å². The van der Waals surface area contributed by atoms with Crippen molar-refractivity contribution in [1.82, 2.24) is 5.32 Å². The summed E-state index contributed by atoms with van der Waals surface area (Å²) in [4.78, 5) is 10.9. The summed E-state index contributed by atoms with van der Waals surface area (Å²) in [6.45, 7) is 2.34. The number of benzene rings is 1. The minimum atomic E-state index is -0.390. The van der Waals surface area contributed by atoms with E-state index in [1.54, 1.807) is 0 Å². The van der Waals surface area contributed by atoms with Crippen molar-refractivity contribution in [2.24, 2.45) is 0 Å². The maximum absolute atomic E-state index is 10.9. The number of aryl methyl sites for hydroxylation is 1. The van der Waals surface area contributed by atoms with Gasteiger partial charge in [-0.05, 0) is 18.1 Å². The van der Waals surface area contributed by atoms with E-state index in [-0.39, 0.29) is 17.5 Å². The van der Waals surface area contributed by atoms with Crippen molar-refractivity contribution in [3.05, 3.63) is 35.4 Å². The topological polar surface area (TPSA) is 38.3 Å². The van der Waals surface area contributed by atoms with E-state index in [0.717, 1.165) is 11.1 Å². The van der Waals surface area contributed by atoms with Crippen LogP contribution in [-0.2, 0) is 4.74 Å². The molecule has 0 saturated carbocycles. The molecule has 80 valence electrons. The van der Waals surface area contributed by atoms with Gasteiger partial charge >= 0.3 is 6.09 Å². The lowest BCUT2D eigenvalue weighted by atomic mass is 10.0. The maximum atomic E-state index is 10.9. The fraction of sp³-hybridized carbons (Fsp3) is 0.364. The molecule has 0 bridgehead atoms. The van der Waals surface area contributed by atoms with Crippen molar-refractivity contribution in [2.45, 2.75) is 18.3 Å². The van der Waals surface area contributed by atoms with Gasteiger partial charge < -0.3 is 10.1 Å². The SMILES string of the molecule is Cc1ccccc1[C@H](Cl)[C@H]1COC(=O)N1. The highest BCUT2D eigenvalue weighted by Gasteiger charge is 2.30. The largest absolute Gasteiger partial charge is 0.447 e. The Bertz CT molecular complexity index is 381. The summed E-state index contributed by atoms with van der Waals surface area (Å²) < 4.78 is 4.81. The van der Waals surface area contributed by atoms with Crippen molar-refractivity contribution in [3.8, 4) is 0 Å². The molecule has 1 aliphatic heterocycles. The summed E-state index contributed by atoms with van der Waals surface area (Å²) in [7, 11) is 0. The summed E-state index contributed by atoms with van der Waals surface area (Å²) in [5, 5.41) is 2.45. The predicted molar refractivity (Wildman–Crippen MR) is 58.0 cm³/mol. The number of alkyl halides is 1. The van der Waals surface area contributed by atoms with Gasteiger partial charge in [-0.15, -0.1) is 11.6 Å². The summed E-state index contributed by atoms with van der Waals surface area (Å²) >= 11 is 6.29. The van der Waals surface area contributed by atoms with Crippen molar-refractivity contribution in [3.63, 3.8) is 0 Å². The molecule has 4 heteroatoms. The van der Waals surface area contributed by atoms with Crippen LogP contribution in [0.25, 0.3) is 0 Å². The van der Waals surface area contributed by atoms with E-state index >= 15 is 0 Å². The lowest BCUT2D eigenvalue weighted by Gasteiger charge is -2.17. The monoisotopic (exact) mass is 225 g/mol. The molecule has 0 spiro atoms. The van der Waals surface area contributed by atoms with Crippen LogP contribution in [0.5, 0.6) is 0 Å². The van der Waals surface area contributed by atoms with E-state index < -0.39 is 0 Å². The van der Waals surface area contributed by atoms with E-state index in [2.05, 4.69) is 5.32 Å². The number of rotatable bonds is 2. The second-order valence-electron chi connectivity index (χ2n) is 3.61.